The van der Waals surface area contributed by atoms with Crippen molar-refractivity contribution >= 4 is 23.5 Å². The molecular formula is C26H26N4O6. The first-order valence-corrected chi connectivity index (χ1v) is 11.8. The van der Waals surface area contributed by atoms with Crippen LogP contribution in [0.4, 0.5) is 5.69 Å². The molecule has 10 nitrogen and oxygen atoms in total. The Morgan fingerprint density at radius 1 is 1.00 bits per heavy atom. The summed E-state index contributed by atoms with van der Waals surface area (Å²) in [5.74, 6) is -0.783. The molecule has 1 aliphatic heterocycles. The predicted octanol–water partition coefficient (Wildman–Crippen LogP) is 3.36. The fourth-order valence-electron chi connectivity index (χ4n) is 4.56. The lowest BCUT2D eigenvalue weighted by molar-refractivity contribution is -0.143. The van der Waals surface area contributed by atoms with Crippen LogP contribution >= 0.6 is 0 Å². The Bertz CT molecular complexity index is 1280. The predicted molar refractivity (Wildman–Crippen MR) is 129 cm³/mol. The number of carbonyl (C=O) groups is 3. The number of rotatable bonds is 7. The van der Waals surface area contributed by atoms with Crippen molar-refractivity contribution in [3.63, 3.8) is 0 Å². The summed E-state index contributed by atoms with van der Waals surface area (Å²) in [5.41, 5.74) is 2.21. The minimum Gasteiger partial charge on any atom is -0.481 e. The number of nitrogens with zero attached hydrogens (tertiary/aromatic N) is 2. The van der Waals surface area contributed by atoms with Crippen LogP contribution in [0.1, 0.15) is 41.6 Å². The number of ether oxygens (including phenoxy) is 2. The molecule has 1 aliphatic carbocycles. The maximum Gasteiger partial charge on any atom is 0.306 e. The van der Waals surface area contributed by atoms with Gasteiger partial charge in [0.25, 0.3) is 5.91 Å². The number of benzene rings is 2. The summed E-state index contributed by atoms with van der Waals surface area (Å²) in [7, 11) is 0. The van der Waals surface area contributed by atoms with E-state index in [2.05, 4.69) is 15.7 Å². The van der Waals surface area contributed by atoms with E-state index >= 15 is 0 Å². The number of nitrogens with one attached hydrogen (secondary N) is 2. The molecule has 2 amide bonds. The van der Waals surface area contributed by atoms with Gasteiger partial charge in [0, 0.05) is 24.9 Å². The Kier molecular flexibility index (Phi) is 6.57. The van der Waals surface area contributed by atoms with E-state index in [9.17, 15) is 19.5 Å². The molecule has 0 spiro atoms. The van der Waals surface area contributed by atoms with Gasteiger partial charge in [0.2, 0.25) is 12.7 Å². The van der Waals surface area contributed by atoms with Gasteiger partial charge >= 0.3 is 5.97 Å². The standard InChI is InChI=1S/C26H26N4O6/c31-24(17-3-5-18(6-4-17)26(33)34)29-21-8-7-19(30-11-1-10-28-30)13-20(21)25(32)27-14-16-2-9-22-23(12-16)36-15-35-22/h1-2,7-13,17-18H,3-6,14-15H2,(H,27,32)(H,29,31)(H,33,34)/t17-,18-. The van der Waals surface area contributed by atoms with Gasteiger partial charge in [-0.3, -0.25) is 14.4 Å². The number of hydrogen-bond donors (Lipinski definition) is 3. The summed E-state index contributed by atoms with van der Waals surface area (Å²) in [6, 6.07) is 12.4. The van der Waals surface area contributed by atoms with Crippen molar-refractivity contribution in [2.75, 3.05) is 12.1 Å². The molecule has 0 radical (unpaired) electrons. The van der Waals surface area contributed by atoms with Crippen LogP contribution in [0.2, 0.25) is 0 Å². The Labute approximate surface area is 207 Å². The van der Waals surface area contributed by atoms with Crippen LogP contribution in [-0.2, 0) is 16.1 Å². The van der Waals surface area contributed by atoms with Crippen LogP contribution in [-0.4, -0.2) is 39.5 Å². The van der Waals surface area contributed by atoms with Gasteiger partial charge in [-0.15, -0.1) is 0 Å². The summed E-state index contributed by atoms with van der Waals surface area (Å²) in [6.07, 6.45) is 5.34. The van der Waals surface area contributed by atoms with Gasteiger partial charge in [-0.05, 0) is 67.6 Å². The molecule has 36 heavy (non-hydrogen) atoms. The largest absolute Gasteiger partial charge is 0.481 e. The average Bonchev–Trinajstić information content (AvgIpc) is 3.59. The van der Waals surface area contributed by atoms with E-state index in [1.807, 2.05) is 12.1 Å². The van der Waals surface area contributed by atoms with Gasteiger partial charge in [0.05, 0.1) is 22.9 Å². The fraction of sp³-hybridized carbons (Fsp3) is 0.308. The molecule has 0 bridgehead atoms. The SMILES string of the molecule is O=C(NCc1ccc2c(c1)OCO2)c1cc(-n2cccn2)ccc1NC(=O)[C@H]1CC[C@H](C(=O)O)CC1. The van der Waals surface area contributed by atoms with E-state index in [0.29, 0.717) is 54.1 Å². The number of hydrogen-bond acceptors (Lipinski definition) is 6. The normalized spacial score (nSPS) is 18.4. The molecule has 0 saturated heterocycles. The zero-order valence-electron chi connectivity index (χ0n) is 19.5. The summed E-state index contributed by atoms with van der Waals surface area (Å²) >= 11 is 0. The van der Waals surface area contributed by atoms with Crippen molar-refractivity contribution in [2.45, 2.75) is 32.2 Å². The van der Waals surface area contributed by atoms with Crippen LogP contribution in [0, 0.1) is 11.8 Å². The van der Waals surface area contributed by atoms with E-state index in [0.717, 1.165) is 5.56 Å². The molecule has 1 fully saturated rings. The Balaban J connectivity index is 1.32. The Hall–Kier alpha value is -4.34. The lowest BCUT2D eigenvalue weighted by Crippen LogP contribution is -2.31. The zero-order valence-corrected chi connectivity index (χ0v) is 19.5. The molecule has 0 atom stereocenters. The minimum absolute atomic E-state index is 0.173. The topological polar surface area (TPSA) is 132 Å². The lowest BCUT2D eigenvalue weighted by Gasteiger charge is -2.25. The second-order valence-corrected chi connectivity index (χ2v) is 8.93. The monoisotopic (exact) mass is 490 g/mol. The van der Waals surface area contributed by atoms with Gasteiger partial charge in [0.15, 0.2) is 11.5 Å². The zero-order chi connectivity index (χ0) is 25.1. The second-order valence-electron chi connectivity index (χ2n) is 8.93. The highest BCUT2D eigenvalue weighted by atomic mass is 16.7. The van der Waals surface area contributed by atoms with E-state index in [1.165, 1.54) is 0 Å². The molecule has 2 aromatic carbocycles. The van der Waals surface area contributed by atoms with Crippen molar-refractivity contribution < 1.29 is 29.0 Å². The van der Waals surface area contributed by atoms with Gasteiger partial charge in [0.1, 0.15) is 0 Å². The second kappa shape index (κ2) is 10.1. The highest BCUT2D eigenvalue weighted by molar-refractivity contribution is 6.04. The van der Waals surface area contributed by atoms with Gasteiger partial charge in [-0.25, -0.2) is 4.68 Å². The van der Waals surface area contributed by atoms with E-state index < -0.39 is 11.9 Å². The Morgan fingerprint density at radius 2 is 1.78 bits per heavy atom. The molecule has 1 saturated carbocycles. The molecule has 3 aromatic rings. The first-order chi connectivity index (χ1) is 17.5. The minimum atomic E-state index is -0.815. The molecule has 2 aliphatic rings. The molecule has 5 rings (SSSR count). The molecular weight excluding hydrogens is 464 g/mol. The average molecular weight is 491 g/mol. The first-order valence-electron chi connectivity index (χ1n) is 11.8. The number of carboxylic acid groups (broad SMARTS) is 1. The van der Waals surface area contributed by atoms with Crippen molar-refractivity contribution in [1.82, 2.24) is 15.1 Å². The maximum absolute atomic E-state index is 13.3. The maximum atomic E-state index is 13.3. The number of aliphatic carboxylic acids is 1. The molecule has 186 valence electrons. The van der Waals surface area contributed by atoms with Crippen molar-refractivity contribution in [3.8, 4) is 17.2 Å². The summed E-state index contributed by atoms with van der Waals surface area (Å²) < 4.78 is 12.4. The number of carboxylic acids is 1. The Morgan fingerprint density at radius 3 is 2.53 bits per heavy atom. The van der Waals surface area contributed by atoms with Crippen molar-refractivity contribution in [3.05, 3.63) is 66.0 Å². The molecule has 3 N–H and O–H groups in total. The van der Waals surface area contributed by atoms with Crippen LogP contribution in [0.25, 0.3) is 5.69 Å². The number of carbonyl (C=O) groups excluding carboxylic acids is 2. The lowest BCUT2D eigenvalue weighted by atomic mass is 9.81. The van der Waals surface area contributed by atoms with Crippen LogP contribution in [0.5, 0.6) is 11.5 Å². The first kappa shape index (κ1) is 23.4. The van der Waals surface area contributed by atoms with Crippen LogP contribution in [0.3, 0.4) is 0 Å². The molecule has 10 heteroatoms. The quantitative estimate of drug-likeness (QED) is 0.463. The number of amides is 2. The number of anilines is 1. The number of aromatic nitrogens is 2. The summed E-state index contributed by atoms with van der Waals surface area (Å²) in [5, 5.41) is 19.2. The van der Waals surface area contributed by atoms with Crippen LogP contribution < -0.4 is 20.1 Å². The third-order valence-corrected chi connectivity index (χ3v) is 6.61. The van der Waals surface area contributed by atoms with Gasteiger partial charge in [-0.2, -0.15) is 5.10 Å². The summed E-state index contributed by atoms with van der Waals surface area (Å²) in [6.45, 7) is 0.431. The molecule has 1 aromatic heterocycles. The van der Waals surface area contributed by atoms with Crippen LogP contribution in [0.15, 0.2) is 54.9 Å². The number of fused-ring (bicyclic) bond motifs is 1. The van der Waals surface area contributed by atoms with Crippen molar-refractivity contribution in [1.29, 1.82) is 0 Å². The highest BCUT2D eigenvalue weighted by Gasteiger charge is 2.30. The smallest absolute Gasteiger partial charge is 0.306 e. The highest BCUT2D eigenvalue weighted by Crippen LogP contribution is 2.33. The molecule has 2 heterocycles. The van der Waals surface area contributed by atoms with E-state index in [4.69, 9.17) is 9.47 Å². The van der Waals surface area contributed by atoms with E-state index in [-0.39, 0.29) is 31.1 Å². The van der Waals surface area contributed by atoms with Gasteiger partial charge < -0.3 is 25.2 Å². The fourth-order valence-corrected chi connectivity index (χ4v) is 4.56. The van der Waals surface area contributed by atoms with E-state index in [1.54, 1.807) is 47.4 Å². The third-order valence-electron chi connectivity index (χ3n) is 6.61. The van der Waals surface area contributed by atoms with Crippen molar-refractivity contribution in [2.24, 2.45) is 11.8 Å². The van der Waals surface area contributed by atoms with Gasteiger partial charge in [-0.1, -0.05) is 6.07 Å². The molecule has 0 unspecified atom stereocenters. The summed E-state index contributed by atoms with van der Waals surface area (Å²) in [4.78, 5) is 37.5. The third kappa shape index (κ3) is 5.02.